The number of halogens is 1. The monoisotopic (exact) mass is 312 g/mol. The molecule has 1 heterocycles. The van der Waals surface area contributed by atoms with Gasteiger partial charge in [-0.25, -0.2) is 4.98 Å². The largest absolute Gasteiger partial charge is 0.309 e. The fourth-order valence-corrected chi connectivity index (χ4v) is 3.33. The highest BCUT2D eigenvalue weighted by molar-refractivity contribution is 9.10. The van der Waals surface area contributed by atoms with Crippen molar-refractivity contribution in [3.8, 4) is 0 Å². The van der Waals surface area contributed by atoms with Crippen LogP contribution in [0.4, 0.5) is 0 Å². The molecule has 1 aliphatic rings. The predicted octanol–water partition coefficient (Wildman–Crippen LogP) is 3.88. The Morgan fingerprint density at radius 2 is 1.83 bits per heavy atom. The highest BCUT2D eigenvalue weighted by Gasteiger charge is 2.25. The van der Waals surface area contributed by atoms with Gasteiger partial charge in [-0.1, -0.05) is 40.0 Å². The number of nitrogens with one attached hydrogen (secondary N) is 1. The van der Waals surface area contributed by atoms with Gasteiger partial charge < -0.3 is 4.98 Å². The first-order valence-electron chi connectivity index (χ1n) is 6.70. The van der Waals surface area contributed by atoms with Gasteiger partial charge in [-0.3, -0.25) is 4.79 Å². The van der Waals surface area contributed by atoms with Gasteiger partial charge in [-0.05, 0) is 28.8 Å². The number of H-pyrrole nitrogens is 1. The number of rotatable bonds is 1. The molecule has 1 aromatic heterocycles. The van der Waals surface area contributed by atoms with E-state index >= 15 is 0 Å². The van der Waals surface area contributed by atoms with Crippen LogP contribution in [0.2, 0.25) is 0 Å². The Balaban J connectivity index is 2.44. The Morgan fingerprint density at radius 3 is 2.39 bits per heavy atom. The number of aromatic nitrogens is 2. The van der Waals surface area contributed by atoms with Crippen LogP contribution in [0, 0.1) is 0 Å². The first-order chi connectivity index (χ1) is 8.39. The van der Waals surface area contributed by atoms with Crippen LogP contribution in [0.1, 0.15) is 70.3 Å². The third-order valence-corrected chi connectivity index (χ3v) is 4.32. The molecule has 0 amide bonds. The van der Waals surface area contributed by atoms with E-state index in [2.05, 4.69) is 41.7 Å². The molecular formula is C14H21BrN2O. The number of hydrogen-bond acceptors (Lipinski definition) is 2. The fourth-order valence-electron chi connectivity index (χ4n) is 2.54. The maximum Gasteiger partial charge on any atom is 0.265 e. The van der Waals surface area contributed by atoms with E-state index in [0.29, 0.717) is 10.4 Å². The molecule has 1 fully saturated rings. The van der Waals surface area contributed by atoms with E-state index in [1.54, 1.807) is 0 Å². The molecule has 1 saturated carbocycles. The predicted molar refractivity (Wildman–Crippen MR) is 77.1 cm³/mol. The average Bonchev–Trinajstić information content (AvgIpc) is 2.32. The summed E-state index contributed by atoms with van der Waals surface area (Å²) in [7, 11) is 0. The number of aromatic amines is 1. The van der Waals surface area contributed by atoms with Crippen LogP contribution in [0.15, 0.2) is 9.27 Å². The molecule has 0 aromatic carbocycles. The molecule has 0 bridgehead atoms. The zero-order valence-corrected chi connectivity index (χ0v) is 12.9. The summed E-state index contributed by atoms with van der Waals surface area (Å²) < 4.78 is 0.578. The molecule has 1 N–H and O–H groups in total. The lowest BCUT2D eigenvalue weighted by Crippen LogP contribution is -2.25. The van der Waals surface area contributed by atoms with Crippen molar-refractivity contribution in [2.24, 2.45) is 0 Å². The van der Waals surface area contributed by atoms with Crippen molar-refractivity contribution >= 4 is 15.9 Å². The Bertz CT molecular complexity index is 482. The SMILES string of the molecule is CC(C)(C)c1nc(C2CCCCC2)[nH]c(=O)c1Br. The molecule has 1 aromatic rings. The minimum atomic E-state index is -0.115. The van der Waals surface area contributed by atoms with E-state index in [1.807, 2.05) is 0 Å². The lowest BCUT2D eigenvalue weighted by atomic mass is 9.87. The van der Waals surface area contributed by atoms with E-state index in [9.17, 15) is 4.79 Å². The normalized spacial score (nSPS) is 18.0. The van der Waals surface area contributed by atoms with E-state index in [1.165, 1.54) is 19.3 Å². The first-order valence-corrected chi connectivity index (χ1v) is 7.49. The third kappa shape index (κ3) is 2.85. The summed E-state index contributed by atoms with van der Waals surface area (Å²) in [6.45, 7) is 6.26. The second kappa shape index (κ2) is 5.16. The summed E-state index contributed by atoms with van der Waals surface area (Å²) in [6.07, 6.45) is 6.09. The summed E-state index contributed by atoms with van der Waals surface area (Å²) >= 11 is 3.37. The van der Waals surface area contributed by atoms with Crippen LogP contribution in [-0.4, -0.2) is 9.97 Å². The quantitative estimate of drug-likeness (QED) is 0.855. The van der Waals surface area contributed by atoms with E-state index in [-0.39, 0.29) is 11.0 Å². The Kier molecular flexibility index (Phi) is 3.95. The van der Waals surface area contributed by atoms with Crippen molar-refractivity contribution in [2.75, 3.05) is 0 Å². The Labute approximate surface area is 117 Å². The van der Waals surface area contributed by atoms with Crippen molar-refractivity contribution in [1.29, 1.82) is 0 Å². The molecule has 0 unspecified atom stereocenters. The Hall–Kier alpha value is -0.640. The highest BCUT2D eigenvalue weighted by atomic mass is 79.9. The zero-order chi connectivity index (χ0) is 13.3. The summed E-state index contributed by atoms with van der Waals surface area (Å²) in [5, 5.41) is 0. The van der Waals surface area contributed by atoms with Gasteiger partial charge in [0.2, 0.25) is 0 Å². The molecule has 0 aliphatic heterocycles. The van der Waals surface area contributed by atoms with Crippen LogP contribution < -0.4 is 5.56 Å². The van der Waals surface area contributed by atoms with E-state index in [0.717, 1.165) is 24.4 Å². The van der Waals surface area contributed by atoms with Gasteiger partial charge >= 0.3 is 0 Å². The summed E-state index contributed by atoms with van der Waals surface area (Å²) in [5.74, 6) is 1.31. The van der Waals surface area contributed by atoms with Gasteiger partial charge in [-0.2, -0.15) is 0 Å². The minimum Gasteiger partial charge on any atom is -0.309 e. The van der Waals surface area contributed by atoms with Crippen molar-refractivity contribution in [3.05, 3.63) is 26.3 Å². The first kappa shape index (κ1) is 13.8. The van der Waals surface area contributed by atoms with Crippen molar-refractivity contribution < 1.29 is 0 Å². The van der Waals surface area contributed by atoms with Crippen LogP contribution >= 0.6 is 15.9 Å². The molecule has 100 valence electrons. The average molecular weight is 313 g/mol. The van der Waals surface area contributed by atoms with Gasteiger partial charge in [0.05, 0.1) is 5.69 Å². The van der Waals surface area contributed by atoms with Crippen molar-refractivity contribution in [1.82, 2.24) is 9.97 Å². The number of nitrogens with zero attached hydrogens (tertiary/aromatic N) is 1. The molecule has 0 atom stereocenters. The van der Waals surface area contributed by atoms with Crippen LogP contribution in [0.3, 0.4) is 0 Å². The molecule has 18 heavy (non-hydrogen) atoms. The number of hydrogen-bond donors (Lipinski definition) is 1. The second-order valence-electron chi connectivity index (χ2n) is 6.20. The molecule has 1 aliphatic carbocycles. The molecule has 2 rings (SSSR count). The van der Waals surface area contributed by atoms with E-state index in [4.69, 9.17) is 4.98 Å². The van der Waals surface area contributed by atoms with Crippen LogP contribution in [0.25, 0.3) is 0 Å². The Morgan fingerprint density at radius 1 is 1.22 bits per heavy atom. The zero-order valence-electron chi connectivity index (χ0n) is 11.3. The lowest BCUT2D eigenvalue weighted by Gasteiger charge is -2.24. The van der Waals surface area contributed by atoms with Gasteiger partial charge in [0.25, 0.3) is 5.56 Å². The summed E-state index contributed by atoms with van der Waals surface area (Å²) in [6, 6.07) is 0. The van der Waals surface area contributed by atoms with Crippen LogP contribution in [0.5, 0.6) is 0 Å². The molecule has 0 radical (unpaired) electrons. The smallest absolute Gasteiger partial charge is 0.265 e. The maximum absolute atomic E-state index is 12.0. The van der Waals surface area contributed by atoms with Crippen molar-refractivity contribution in [2.45, 2.75) is 64.2 Å². The lowest BCUT2D eigenvalue weighted by molar-refractivity contribution is 0.423. The molecular weight excluding hydrogens is 292 g/mol. The van der Waals surface area contributed by atoms with Crippen LogP contribution in [-0.2, 0) is 5.41 Å². The van der Waals surface area contributed by atoms with E-state index < -0.39 is 0 Å². The topological polar surface area (TPSA) is 45.8 Å². The molecule has 0 spiro atoms. The summed E-state index contributed by atoms with van der Waals surface area (Å²) in [5.41, 5.74) is 0.707. The third-order valence-electron chi connectivity index (χ3n) is 3.58. The van der Waals surface area contributed by atoms with Gasteiger partial charge in [0.15, 0.2) is 0 Å². The van der Waals surface area contributed by atoms with Gasteiger partial charge in [0.1, 0.15) is 10.3 Å². The maximum atomic E-state index is 12.0. The molecule has 3 nitrogen and oxygen atoms in total. The van der Waals surface area contributed by atoms with Crippen molar-refractivity contribution in [3.63, 3.8) is 0 Å². The second-order valence-corrected chi connectivity index (χ2v) is 6.99. The highest BCUT2D eigenvalue weighted by Crippen LogP contribution is 2.32. The standard InChI is InChI=1S/C14H21BrN2O/c1-14(2,3)11-10(15)13(18)17-12(16-11)9-7-5-4-6-8-9/h9H,4-8H2,1-3H3,(H,16,17,18). The van der Waals surface area contributed by atoms with Gasteiger partial charge in [0, 0.05) is 11.3 Å². The fraction of sp³-hybridized carbons (Fsp3) is 0.714. The molecule has 4 heteroatoms. The summed E-state index contributed by atoms with van der Waals surface area (Å²) in [4.78, 5) is 19.7. The van der Waals surface area contributed by atoms with Gasteiger partial charge in [-0.15, -0.1) is 0 Å². The molecule has 0 saturated heterocycles. The minimum absolute atomic E-state index is 0.0458.